The molecule has 1 unspecified atom stereocenters. The number of nitrogens with zero attached hydrogens (tertiary/aromatic N) is 2. The van der Waals surface area contributed by atoms with Crippen molar-refractivity contribution in [3.05, 3.63) is 35.4 Å². The first-order chi connectivity index (χ1) is 17.3. The number of unbranched alkanes of at least 4 members (excludes halogenated alkanes) is 6. The van der Waals surface area contributed by atoms with Crippen LogP contribution in [0.1, 0.15) is 113 Å². The summed E-state index contributed by atoms with van der Waals surface area (Å²) in [7, 11) is -1.03. The Balaban J connectivity index is 1.54. The van der Waals surface area contributed by atoms with Gasteiger partial charge in [0.15, 0.2) is 0 Å². The summed E-state index contributed by atoms with van der Waals surface area (Å²) in [6, 6.07) is 7.21. The van der Waals surface area contributed by atoms with Crippen LogP contribution < -0.4 is 0 Å². The summed E-state index contributed by atoms with van der Waals surface area (Å²) in [5, 5.41) is 0.579. The largest absolute Gasteiger partial charge is 0.333 e. The van der Waals surface area contributed by atoms with Crippen LogP contribution in [0.5, 0.6) is 0 Å². The van der Waals surface area contributed by atoms with Gasteiger partial charge in [-0.3, -0.25) is 9.59 Å². The van der Waals surface area contributed by atoms with Crippen LogP contribution in [-0.2, 0) is 18.7 Å². The van der Waals surface area contributed by atoms with Gasteiger partial charge in [-0.2, -0.15) is 0 Å². The van der Waals surface area contributed by atoms with Gasteiger partial charge in [-0.05, 0) is 59.1 Å². The maximum Gasteiger partial charge on any atom is 0.333 e. The lowest BCUT2D eigenvalue weighted by atomic mass is 10.1. The zero-order valence-corrected chi connectivity index (χ0v) is 23.4. The van der Waals surface area contributed by atoms with Crippen molar-refractivity contribution < 1.29 is 28.3 Å². The molecule has 1 aromatic rings. The summed E-state index contributed by atoms with van der Waals surface area (Å²) >= 11 is 0. The van der Waals surface area contributed by atoms with E-state index in [9.17, 15) is 14.4 Å². The Bertz CT molecular complexity index is 804. The summed E-state index contributed by atoms with van der Waals surface area (Å²) < 4.78 is 14.5. The summed E-state index contributed by atoms with van der Waals surface area (Å²) in [6.45, 7) is 12.2. The quantitative estimate of drug-likeness (QED) is 0.121. The zero-order valence-electron chi connectivity index (χ0n) is 22.5. The highest BCUT2D eigenvalue weighted by Crippen LogP contribution is 2.46. The number of benzene rings is 1. The van der Waals surface area contributed by atoms with Gasteiger partial charge >= 0.3 is 5.97 Å². The molecular formula is C27H43N2O6P. The molecule has 8 nitrogen and oxygen atoms in total. The Morgan fingerprint density at radius 3 is 1.86 bits per heavy atom. The van der Waals surface area contributed by atoms with Crippen LogP contribution in [0.15, 0.2) is 24.3 Å². The lowest BCUT2D eigenvalue weighted by molar-refractivity contribution is -0.168. The van der Waals surface area contributed by atoms with E-state index in [2.05, 4.69) is 39.3 Å². The van der Waals surface area contributed by atoms with Gasteiger partial charge in [-0.15, -0.1) is 0 Å². The number of carbonyl (C=O) groups excluding carboxylic acids is 3. The van der Waals surface area contributed by atoms with Crippen LogP contribution in [0, 0.1) is 0 Å². The number of hydrogen-bond donors (Lipinski definition) is 0. The topological polar surface area (TPSA) is 85.4 Å². The number of hydroxylamine groups is 2. The Morgan fingerprint density at radius 1 is 0.833 bits per heavy atom. The van der Waals surface area contributed by atoms with E-state index in [1.165, 1.54) is 0 Å². The highest BCUT2D eigenvalue weighted by Gasteiger charge is 2.38. The molecule has 0 bridgehead atoms. The van der Waals surface area contributed by atoms with Crippen molar-refractivity contribution in [3.63, 3.8) is 0 Å². The van der Waals surface area contributed by atoms with E-state index in [4.69, 9.17) is 13.9 Å². The molecule has 0 spiro atoms. The maximum absolute atomic E-state index is 12.3. The third kappa shape index (κ3) is 9.22. The van der Waals surface area contributed by atoms with Crippen molar-refractivity contribution in [1.82, 2.24) is 9.73 Å². The minimum atomic E-state index is -1.03. The Morgan fingerprint density at radius 2 is 1.33 bits per heavy atom. The molecular weight excluding hydrogens is 479 g/mol. The van der Waals surface area contributed by atoms with E-state index in [0.29, 0.717) is 36.8 Å². The van der Waals surface area contributed by atoms with Crippen molar-refractivity contribution >= 4 is 26.3 Å². The van der Waals surface area contributed by atoms with E-state index >= 15 is 0 Å². The molecule has 0 N–H and O–H groups in total. The van der Waals surface area contributed by atoms with Gasteiger partial charge in [0, 0.05) is 18.5 Å². The number of imide groups is 1. The number of carbonyl (C=O) groups is 3. The molecule has 9 heteroatoms. The fraction of sp³-hybridized carbons (Fsp3) is 0.667. The van der Waals surface area contributed by atoms with Gasteiger partial charge in [0.25, 0.3) is 20.3 Å². The number of amides is 2. The average molecular weight is 523 g/mol. The second kappa shape index (κ2) is 16.1. The monoisotopic (exact) mass is 522 g/mol. The van der Waals surface area contributed by atoms with Crippen LogP contribution >= 0.6 is 8.53 Å². The normalized spacial score (nSPS) is 14.3. The van der Waals surface area contributed by atoms with Crippen molar-refractivity contribution in [2.24, 2.45) is 0 Å². The first kappa shape index (κ1) is 30.4. The second-order valence-corrected chi connectivity index (χ2v) is 11.1. The summed E-state index contributed by atoms with van der Waals surface area (Å²) in [5.74, 6) is -1.72. The molecule has 0 aromatic heterocycles. The first-order valence-corrected chi connectivity index (χ1v) is 14.4. The van der Waals surface area contributed by atoms with E-state index in [1.54, 1.807) is 24.3 Å². The summed E-state index contributed by atoms with van der Waals surface area (Å²) in [5.41, 5.74) is 0.533. The average Bonchev–Trinajstić information content (AvgIpc) is 3.07. The second-order valence-electron chi connectivity index (χ2n) is 9.61. The minimum Gasteiger partial charge on any atom is -0.330 e. The Hall–Kier alpha value is -1.86. The minimum absolute atomic E-state index is 0.185. The maximum atomic E-state index is 12.3. The summed E-state index contributed by atoms with van der Waals surface area (Å²) in [6.07, 6.45) is 8.09. The predicted molar refractivity (Wildman–Crippen MR) is 141 cm³/mol. The van der Waals surface area contributed by atoms with E-state index in [-0.39, 0.29) is 17.5 Å². The van der Waals surface area contributed by atoms with E-state index in [1.807, 2.05) is 0 Å². The molecule has 1 aliphatic rings. The lowest BCUT2D eigenvalue weighted by Gasteiger charge is -2.35. The number of rotatable bonds is 18. The fourth-order valence-corrected chi connectivity index (χ4v) is 5.83. The van der Waals surface area contributed by atoms with Crippen molar-refractivity contribution in [3.8, 4) is 0 Å². The van der Waals surface area contributed by atoms with E-state index < -0.39 is 26.3 Å². The molecule has 0 aliphatic carbocycles. The zero-order chi connectivity index (χ0) is 26.5. The van der Waals surface area contributed by atoms with Crippen LogP contribution in [-0.4, -0.2) is 52.8 Å². The molecule has 1 aliphatic heterocycles. The number of fused-ring (bicyclic) bond motifs is 1. The van der Waals surface area contributed by atoms with Crippen LogP contribution in [0.25, 0.3) is 0 Å². The van der Waals surface area contributed by atoms with Crippen LogP contribution in [0.4, 0.5) is 0 Å². The molecule has 0 fully saturated rings. The standard InChI is InChI=1S/C27H43N2O6P/c1-6-19-33-36(29(21(2)3)22(4)5)34-20-15-11-9-7-8-10-12-18-25(30)35-28-26(31)23-16-13-14-17-24(23)27(28)32/h13-14,16-17,21-22H,6-12,15,18-20H2,1-5H3. The molecule has 1 heterocycles. The number of hydrogen-bond acceptors (Lipinski definition) is 7. The highest BCUT2D eigenvalue weighted by atomic mass is 31.2. The molecule has 202 valence electrons. The van der Waals surface area contributed by atoms with Gasteiger partial charge in [0.2, 0.25) is 0 Å². The van der Waals surface area contributed by atoms with Gasteiger partial charge in [-0.25, -0.2) is 9.46 Å². The highest BCUT2D eigenvalue weighted by molar-refractivity contribution is 7.44. The Kier molecular flexibility index (Phi) is 13.6. The van der Waals surface area contributed by atoms with Gasteiger partial charge in [0.1, 0.15) is 0 Å². The smallest absolute Gasteiger partial charge is 0.330 e. The third-order valence-corrected chi connectivity index (χ3v) is 7.94. The summed E-state index contributed by atoms with van der Waals surface area (Å²) in [4.78, 5) is 41.7. The fourth-order valence-electron chi connectivity index (χ4n) is 4.11. The van der Waals surface area contributed by atoms with Crippen molar-refractivity contribution in [1.29, 1.82) is 0 Å². The van der Waals surface area contributed by atoms with Gasteiger partial charge in [0.05, 0.1) is 24.3 Å². The van der Waals surface area contributed by atoms with Crippen molar-refractivity contribution in [2.75, 3.05) is 13.2 Å². The van der Waals surface area contributed by atoms with Crippen LogP contribution in [0.2, 0.25) is 0 Å². The Labute approximate surface area is 217 Å². The molecule has 0 saturated carbocycles. The molecule has 0 radical (unpaired) electrons. The molecule has 36 heavy (non-hydrogen) atoms. The molecule has 2 rings (SSSR count). The molecule has 0 saturated heterocycles. The predicted octanol–water partition coefficient (Wildman–Crippen LogP) is 6.65. The molecule has 1 aromatic carbocycles. The lowest BCUT2D eigenvalue weighted by Crippen LogP contribution is -2.33. The van der Waals surface area contributed by atoms with Crippen LogP contribution in [0.3, 0.4) is 0 Å². The molecule has 1 atom stereocenters. The van der Waals surface area contributed by atoms with Crippen molar-refractivity contribution in [2.45, 2.75) is 104 Å². The SMILES string of the molecule is CCCOP(OCCCCCCCCCC(=O)ON1C(=O)c2ccccc2C1=O)N(C(C)C)C(C)C. The first-order valence-electron chi connectivity index (χ1n) is 13.3. The van der Waals surface area contributed by atoms with Gasteiger partial charge in [-0.1, -0.05) is 56.2 Å². The third-order valence-electron chi connectivity index (χ3n) is 5.83. The van der Waals surface area contributed by atoms with E-state index in [0.717, 1.165) is 44.9 Å². The van der Waals surface area contributed by atoms with Gasteiger partial charge < -0.3 is 13.9 Å². The molecule has 2 amide bonds.